The Morgan fingerprint density at radius 2 is 1.54 bits per heavy atom. The average Bonchev–Trinajstić information content (AvgIpc) is 3.45. The van der Waals surface area contributed by atoms with E-state index < -0.39 is 57.6 Å². The summed E-state index contributed by atoms with van der Waals surface area (Å²) in [5.41, 5.74) is -6.40. The molecule has 54 heavy (non-hydrogen) atoms. The van der Waals surface area contributed by atoms with Gasteiger partial charge in [0, 0.05) is 11.4 Å². The number of rotatable bonds is 7. The molecule has 4 N–H and O–H groups in total. The molecule has 3 heterocycles. The van der Waals surface area contributed by atoms with Crippen molar-refractivity contribution in [3.8, 4) is 12.1 Å². The van der Waals surface area contributed by atoms with Crippen LogP contribution in [0, 0.1) is 22.7 Å². The van der Waals surface area contributed by atoms with E-state index in [0.717, 1.165) is 24.3 Å². The van der Waals surface area contributed by atoms with Gasteiger partial charge in [-0.25, -0.2) is 14.6 Å². The van der Waals surface area contributed by atoms with Crippen LogP contribution >= 0.6 is 0 Å². The van der Waals surface area contributed by atoms with Gasteiger partial charge in [0.15, 0.2) is 11.2 Å². The summed E-state index contributed by atoms with van der Waals surface area (Å²) in [5, 5.41) is 50.2. The summed E-state index contributed by atoms with van der Waals surface area (Å²) in [6, 6.07) is 8.66. The molecule has 17 nitrogen and oxygen atoms in total. The Hall–Kier alpha value is -3.16. The first-order valence-electron chi connectivity index (χ1n) is 13.9. The van der Waals surface area contributed by atoms with Gasteiger partial charge in [-0.15, -0.1) is 0 Å². The number of alkyl halides is 6. The van der Waals surface area contributed by atoms with Crippen LogP contribution in [-0.2, 0) is 42.9 Å². The number of aromatic amines is 1. The number of hydrogen-bond acceptors (Lipinski definition) is 13. The molecule has 1 aliphatic heterocycles. The maximum absolute atomic E-state index is 12.9. The van der Waals surface area contributed by atoms with Crippen LogP contribution in [0.3, 0.4) is 0 Å². The number of aromatic nitrogens is 6. The Bertz CT molecular complexity index is 1870. The normalized spacial score (nSPS) is 14.9. The molecule has 2 aromatic heterocycles. The Balaban J connectivity index is 0. The molecular weight excluding hydrogens is 793 g/mol. The summed E-state index contributed by atoms with van der Waals surface area (Å²) >= 11 is 0. The zero-order valence-corrected chi connectivity index (χ0v) is 34.8. The number of aliphatic hydroxyl groups is 1. The predicted octanol–water partition coefficient (Wildman–Crippen LogP) is -3.78. The molecule has 2 atom stereocenters. The molecular formula is C29H26F6K2N10O7. The minimum atomic E-state index is -4.74. The standard InChI is InChI=1S/C14H12F3N5O2.C12H9F3N2O2.C2H3N3.CH2O3.2K.H/c1-13(24,6-22-8-19-7-20-22)12(23)21-10-3-2-9(5-18)11(4-10)14(15,16)17;1-11(6-19-11)10(18)17-8-3-2-7(5-16)9(4-8)12(13,14)15;1-3-2-5-4-1;2-1-4-3;;;/h2-4,7-8,24H,6H2,1H3,(H,21,23);2-4H,6H2,1H3,(H,17,18);1-2H,(H,3,4,5);1,3H;;;/q;;;;2*+1;-1/p-1/t13-;11-;;;;;/m00...../s1. The topological polar surface area (TPSA) is 260 Å². The molecule has 5 rings (SSSR count). The monoisotopic (exact) mass is 818 g/mol. The molecule has 0 unspecified atom stereocenters. The molecule has 0 radical (unpaired) electrons. The number of amides is 2. The summed E-state index contributed by atoms with van der Waals surface area (Å²) in [5.74, 6) is -1.43. The number of ether oxygens (including phenoxy) is 1. The molecule has 0 aliphatic carbocycles. The Labute approximate surface area is 387 Å². The van der Waals surface area contributed by atoms with Gasteiger partial charge < -0.3 is 32.0 Å². The number of carbonyl (C=O) groups is 3. The van der Waals surface area contributed by atoms with Crippen LogP contribution in [0.2, 0.25) is 0 Å². The van der Waals surface area contributed by atoms with Crippen molar-refractivity contribution in [1.29, 1.82) is 10.5 Å². The number of halogens is 6. The van der Waals surface area contributed by atoms with Gasteiger partial charge in [0.2, 0.25) is 0 Å². The van der Waals surface area contributed by atoms with E-state index in [1.165, 1.54) is 62.0 Å². The van der Waals surface area contributed by atoms with Crippen LogP contribution in [0.4, 0.5) is 37.7 Å². The Morgan fingerprint density at radius 1 is 1.04 bits per heavy atom. The number of nitrogens with one attached hydrogen (secondary N) is 3. The first kappa shape index (κ1) is 50.8. The zero-order valence-electron chi connectivity index (χ0n) is 29.6. The van der Waals surface area contributed by atoms with Gasteiger partial charge >= 0.3 is 115 Å². The van der Waals surface area contributed by atoms with Gasteiger partial charge in [0.25, 0.3) is 18.3 Å². The summed E-state index contributed by atoms with van der Waals surface area (Å²) in [4.78, 5) is 42.2. The SMILES string of the molecule is C[C@@]1(C(=O)Nc2ccc(C#N)c(C(F)(F)F)c2)CO1.C[C@](O)(Cn1cncn1)C(=O)Nc1ccc(C#N)c(C(F)(F)F)c1.O=CO[O-].[H-].[K+].[K+].c1nc[nH]n1. The zero-order chi connectivity index (χ0) is 39.2. The van der Waals surface area contributed by atoms with E-state index in [1.54, 1.807) is 0 Å². The van der Waals surface area contributed by atoms with E-state index in [-0.39, 0.29) is 135 Å². The van der Waals surface area contributed by atoms with Crippen molar-refractivity contribution in [3.05, 3.63) is 84.0 Å². The molecule has 0 spiro atoms. The summed E-state index contributed by atoms with van der Waals surface area (Å²) < 4.78 is 82.9. The number of anilines is 2. The van der Waals surface area contributed by atoms with Crippen molar-refractivity contribution in [1.82, 2.24) is 29.9 Å². The van der Waals surface area contributed by atoms with Crippen LogP contribution < -0.4 is 119 Å². The first-order valence-corrected chi connectivity index (χ1v) is 13.9. The molecule has 2 aromatic carbocycles. The van der Waals surface area contributed by atoms with Crippen molar-refractivity contribution in [2.45, 2.75) is 43.9 Å². The minimum Gasteiger partial charge on any atom is -1.00 e. The second kappa shape index (κ2) is 23.0. The molecule has 2 amide bonds. The second-order valence-electron chi connectivity index (χ2n) is 10.4. The van der Waals surface area contributed by atoms with Gasteiger partial charge in [-0.1, -0.05) is 0 Å². The third kappa shape index (κ3) is 16.7. The maximum atomic E-state index is 12.9. The number of epoxide rings is 1. The second-order valence-corrected chi connectivity index (χ2v) is 10.4. The van der Waals surface area contributed by atoms with E-state index in [1.807, 2.05) is 0 Å². The fraction of sp³-hybridized carbons (Fsp3) is 0.276. The number of H-pyrrole nitrogens is 1. The molecule has 1 aliphatic rings. The van der Waals surface area contributed by atoms with Crippen molar-refractivity contribution in [2.75, 3.05) is 17.2 Å². The smallest absolute Gasteiger partial charge is 1.00 e. The van der Waals surface area contributed by atoms with Crippen LogP contribution in [-0.4, -0.2) is 71.1 Å². The van der Waals surface area contributed by atoms with E-state index >= 15 is 0 Å². The van der Waals surface area contributed by atoms with Crippen LogP contribution in [0.15, 0.2) is 61.7 Å². The van der Waals surface area contributed by atoms with Crippen LogP contribution in [0.5, 0.6) is 0 Å². The minimum absolute atomic E-state index is 0. The Kier molecular flexibility index (Phi) is 21.7. The molecule has 0 bridgehead atoms. The number of nitriles is 2. The largest absolute Gasteiger partial charge is 1.00 e. The van der Waals surface area contributed by atoms with Crippen LogP contribution in [0.25, 0.3) is 0 Å². The van der Waals surface area contributed by atoms with E-state index in [0.29, 0.717) is 6.07 Å². The summed E-state index contributed by atoms with van der Waals surface area (Å²) in [6.45, 7) is 2.55. The van der Waals surface area contributed by atoms with E-state index in [4.69, 9.17) is 25.3 Å². The van der Waals surface area contributed by atoms with Gasteiger partial charge in [-0.3, -0.25) is 19.5 Å². The molecule has 25 heteroatoms. The third-order valence-corrected chi connectivity index (χ3v) is 6.26. The van der Waals surface area contributed by atoms with Gasteiger partial charge in [-0.2, -0.15) is 47.1 Å². The number of benzene rings is 2. The fourth-order valence-electron chi connectivity index (χ4n) is 3.54. The third-order valence-electron chi connectivity index (χ3n) is 6.26. The van der Waals surface area contributed by atoms with Crippen LogP contribution in [0.1, 0.15) is 37.5 Å². The molecule has 4 aromatic rings. The predicted molar refractivity (Wildman–Crippen MR) is 159 cm³/mol. The van der Waals surface area contributed by atoms with E-state index in [2.05, 4.69) is 40.8 Å². The molecule has 278 valence electrons. The molecule has 1 fully saturated rings. The summed E-state index contributed by atoms with van der Waals surface area (Å²) in [6.07, 6.45) is -3.93. The van der Waals surface area contributed by atoms with Gasteiger partial charge in [0.1, 0.15) is 25.3 Å². The van der Waals surface area contributed by atoms with Crippen molar-refractivity contribution in [3.63, 3.8) is 0 Å². The fourth-order valence-corrected chi connectivity index (χ4v) is 3.54. The number of carbonyl (C=O) groups excluding carboxylic acids is 3. The first-order chi connectivity index (χ1) is 24.3. The van der Waals surface area contributed by atoms with Crippen molar-refractivity contribution < 1.29 is 165 Å². The Morgan fingerprint density at radius 3 is 1.87 bits per heavy atom. The maximum Gasteiger partial charge on any atom is 1.00 e. The molecule has 0 saturated carbocycles. The molecule has 1 saturated heterocycles. The number of nitrogens with zero attached hydrogens (tertiary/aromatic N) is 7. The van der Waals surface area contributed by atoms with Crippen molar-refractivity contribution in [2.24, 2.45) is 0 Å². The van der Waals surface area contributed by atoms with Crippen molar-refractivity contribution >= 4 is 29.7 Å². The van der Waals surface area contributed by atoms with Gasteiger partial charge in [0.05, 0.1) is 47.5 Å². The van der Waals surface area contributed by atoms with Gasteiger partial charge in [-0.05, 0) is 50.2 Å². The average molecular weight is 819 g/mol. The summed E-state index contributed by atoms with van der Waals surface area (Å²) in [7, 11) is 0. The number of hydrogen-bond donors (Lipinski definition) is 4. The quantitative estimate of drug-likeness (QED) is 0.0349. The van der Waals surface area contributed by atoms with E-state index in [9.17, 15) is 41.0 Å².